The van der Waals surface area contributed by atoms with E-state index in [-0.39, 0.29) is 27.7 Å². The number of carbonyl (C=O) groups excluding carboxylic acids is 1. The molecule has 0 radical (unpaired) electrons. The summed E-state index contributed by atoms with van der Waals surface area (Å²) in [6, 6.07) is 5.08. The molecule has 3 heterocycles. The van der Waals surface area contributed by atoms with E-state index >= 15 is 0 Å². The number of halogens is 5. The summed E-state index contributed by atoms with van der Waals surface area (Å²) in [5.74, 6) is 0.270. The first kappa shape index (κ1) is 30.3. The molecule has 0 saturated heterocycles. The van der Waals surface area contributed by atoms with E-state index in [0.29, 0.717) is 46.5 Å². The molecule has 0 atom stereocenters. The van der Waals surface area contributed by atoms with E-state index in [0.717, 1.165) is 62.7 Å². The quantitative estimate of drug-likeness (QED) is 0.192. The zero-order valence-electron chi connectivity index (χ0n) is 24.1. The summed E-state index contributed by atoms with van der Waals surface area (Å²) < 4.78 is 60.2. The summed E-state index contributed by atoms with van der Waals surface area (Å²) in [6.45, 7) is 0.626. The average molecular weight is 662 g/mol. The van der Waals surface area contributed by atoms with Crippen molar-refractivity contribution in [2.24, 2.45) is 11.1 Å². The van der Waals surface area contributed by atoms with Crippen molar-refractivity contribution in [1.29, 1.82) is 0 Å². The Labute approximate surface area is 266 Å². The second-order valence-corrected chi connectivity index (χ2v) is 13.3. The average Bonchev–Trinajstić information content (AvgIpc) is 3.78. The molecule has 4 aliphatic carbocycles. The molecular formula is C32H29Cl2F3N4O4. The van der Waals surface area contributed by atoms with Crippen molar-refractivity contribution in [3.8, 4) is 17.0 Å². The summed E-state index contributed by atoms with van der Waals surface area (Å²) in [4.78, 5) is 20.0. The van der Waals surface area contributed by atoms with Gasteiger partial charge >= 0.3 is 6.18 Å². The van der Waals surface area contributed by atoms with E-state index < -0.39 is 23.3 Å². The number of amides is 1. The van der Waals surface area contributed by atoms with Crippen LogP contribution >= 0.6 is 23.2 Å². The van der Waals surface area contributed by atoms with Gasteiger partial charge in [0.05, 0.1) is 34.4 Å². The van der Waals surface area contributed by atoms with Crippen LogP contribution in [0.25, 0.3) is 22.2 Å². The Morgan fingerprint density at radius 2 is 1.76 bits per heavy atom. The number of ether oxygens (including phenoxy) is 2. The minimum atomic E-state index is -4.69. The summed E-state index contributed by atoms with van der Waals surface area (Å²) in [7, 11) is 0. The van der Waals surface area contributed by atoms with Crippen molar-refractivity contribution in [2.45, 2.75) is 75.7 Å². The van der Waals surface area contributed by atoms with Crippen LogP contribution < -0.4 is 10.5 Å². The minimum Gasteiger partial charge on any atom is -0.491 e. The van der Waals surface area contributed by atoms with Gasteiger partial charge in [-0.3, -0.25) is 9.78 Å². The first-order valence-electron chi connectivity index (χ1n) is 14.8. The van der Waals surface area contributed by atoms with E-state index in [9.17, 15) is 18.0 Å². The molecule has 3 aromatic heterocycles. The molecule has 0 aliphatic heterocycles. The van der Waals surface area contributed by atoms with Crippen molar-refractivity contribution < 1.29 is 32.0 Å². The van der Waals surface area contributed by atoms with Crippen molar-refractivity contribution in [1.82, 2.24) is 15.1 Å². The van der Waals surface area contributed by atoms with Crippen molar-refractivity contribution >= 4 is 40.0 Å². The number of fused-ring (bicyclic) bond motifs is 4. The van der Waals surface area contributed by atoms with Crippen LogP contribution in [-0.2, 0) is 17.5 Å². The number of benzene rings is 1. The van der Waals surface area contributed by atoms with Crippen molar-refractivity contribution in [3.05, 3.63) is 69.3 Å². The first-order valence-corrected chi connectivity index (χ1v) is 15.6. The first-order chi connectivity index (χ1) is 21.5. The Bertz CT molecular complexity index is 1760. The highest BCUT2D eigenvalue weighted by atomic mass is 35.5. The Kier molecular flexibility index (Phi) is 7.49. The zero-order chi connectivity index (χ0) is 31.6. The summed E-state index contributed by atoms with van der Waals surface area (Å²) in [5, 5.41) is 4.98. The zero-order valence-corrected chi connectivity index (χ0v) is 25.6. The Morgan fingerprint density at radius 1 is 1.07 bits per heavy atom. The summed E-state index contributed by atoms with van der Waals surface area (Å²) >= 11 is 12.9. The fourth-order valence-electron chi connectivity index (χ4n) is 6.78. The molecule has 1 amide bonds. The van der Waals surface area contributed by atoms with E-state index in [2.05, 4.69) is 15.1 Å². The van der Waals surface area contributed by atoms with Crippen LogP contribution in [0.2, 0.25) is 10.0 Å². The molecule has 8 nitrogen and oxygen atoms in total. The highest BCUT2D eigenvalue weighted by Gasteiger charge is 2.50. The van der Waals surface area contributed by atoms with E-state index in [4.69, 9.17) is 42.9 Å². The number of hydrogen-bond acceptors (Lipinski definition) is 7. The third-order valence-corrected chi connectivity index (χ3v) is 10.2. The molecular weight excluding hydrogens is 632 g/mol. The van der Waals surface area contributed by atoms with E-state index in [1.807, 2.05) is 0 Å². The second-order valence-electron chi connectivity index (χ2n) is 12.5. The van der Waals surface area contributed by atoms with Crippen molar-refractivity contribution in [3.63, 3.8) is 0 Å². The fraction of sp³-hybridized carbons (Fsp3) is 0.438. The second kappa shape index (κ2) is 11.1. The molecule has 4 fully saturated rings. The molecule has 0 unspecified atom stereocenters. The Balaban J connectivity index is 1.07. The van der Waals surface area contributed by atoms with Crippen LogP contribution in [0.15, 0.2) is 41.2 Å². The normalized spacial score (nSPS) is 23.0. The lowest BCUT2D eigenvalue weighted by Crippen LogP contribution is -2.49. The van der Waals surface area contributed by atoms with Crippen LogP contribution in [0, 0.1) is 5.41 Å². The number of pyridine rings is 2. The third kappa shape index (κ3) is 5.63. The lowest BCUT2D eigenvalue weighted by molar-refractivity contribution is -0.150. The molecule has 4 aromatic rings. The molecule has 4 aliphatic rings. The Hall–Kier alpha value is -3.41. The van der Waals surface area contributed by atoms with Gasteiger partial charge in [-0.1, -0.05) is 40.5 Å². The van der Waals surface area contributed by atoms with Gasteiger partial charge in [-0.05, 0) is 63.5 Å². The SMILES string of the molecule is NC(=O)c1cc(C(F)(F)F)c2cccc(OCC34CCC(OCc5c(-c6c(Cl)cncc6Cl)noc5C5CC5)(CC3)CC4)c2n1. The molecule has 2 bridgehead atoms. The number of carbonyl (C=O) groups is 1. The maximum absolute atomic E-state index is 13.8. The number of nitrogens with two attached hydrogens (primary N) is 1. The van der Waals surface area contributed by atoms with Crippen molar-refractivity contribution in [2.75, 3.05) is 6.61 Å². The van der Waals surface area contributed by atoms with Gasteiger partial charge in [0.1, 0.15) is 28.4 Å². The van der Waals surface area contributed by atoms with Gasteiger partial charge in [-0.25, -0.2) is 4.98 Å². The predicted octanol–water partition coefficient (Wildman–Crippen LogP) is 8.28. The van der Waals surface area contributed by atoms with Crippen LogP contribution in [0.1, 0.15) is 84.7 Å². The number of rotatable bonds is 9. The molecule has 8 rings (SSSR count). The molecule has 1 aromatic carbocycles. The highest BCUT2D eigenvalue weighted by Crippen LogP contribution is 2.55. The van der Waals surface area contributed by atoms with Crippen LogP contribution in [0.5, 0.6) is 5.75 Å². The lowest BCUT2D eigenvalue weighted by Gasteiger charge is -2.52. The number of primary amides is 1. The third-order valence-electron chi connectivity index (χ3n) is 9.61. The van der Waals surface area contributed by atoms with E-state index in [1.54, 1.807) is 6.07 Å². The van der Waals surface area contributed by atoms with Gasteiger partial charge in [-0.15, -0.1) is 0 Å². The van der Waals surface area contributed by atoms with Gasteiger partial charge in [0.25, 0.3) is 5.91 Å². The minimum absolute atomic E-state index is 0.0350. The van der Waals surface area contributed by atoms with Gasteiger partial charge in [0.2, 0.25) is 0 Å². The highest BCUT2D eigenvalue weighted by molar-refractivity contribution is 6.38. The number of para-hydroxylation sites is 1. The molecule has 13 heteroatoms. The van der Waals surface area contributed by atoms with Gasteiger partial charge in [0, 0.05) is 40.2 Å². The monoisotopic (exact) mass is 660 g/mol. The van der Waals surface area contributed by atoms with E-state index in [1.165, 1.54) is 24.5 Å². The predicted molar refractivity (Wildman–Crippen MR) is 160 cm³/mol. The van der Waals surface area contributed by atoms with Crippen LogP contribution in [0.3, 0.4) is 0 Å². The number of hydrogen-bond donors (Lipinski definition) is 1. The van der Waals surface area contributed by atoms with Gasteiger partial charge in [0.15, 0.2) is 0 Å². The largest absolute Gasteiger partial charge is 0.491 e. The van der Waals surface area contributed by atoms with Gasteiger partial charge in [-0.2, -0.15) is 13.2 Å². The lowest BCUT2D eigenvalue weighted by atomic mass is 9.59. The van der Waals surface area contributed by atoms with Crippen LogP contribution in [0.4, 0.5) is 13.2 Å². The molecule has 45 heavy (non-hydrogen) atoms. The van der Waals surface area contributed by atoms with Gasteiger partial charge < -0.3 is 19.7 Å². The standard InChI is InChI=1S/C32H29Cl2F3N4O4/c33-21-13-39-14-22(34)25(21)27-19(28(45-41-27)17-4-5-17)15-44-31-9-6-30(7-10-31,8-11-31)16-43-24-3-1-2-18-20(32(35,36)37)12-23(29(38)42)40-26(18)24/h1-3,12-14,17H,4-11,15-16H2,(H2,38,42). The smallest absolute Gasteiger partial charge is 0.417 e. The number of alkyl halides is 3. The molecule has 4 saturated carbocycles. The number of nitrogens with zero attached hydrogens (tertiary/aromatic N) is 3. The summed E-state index contributed by atoms with van der Waals surface area (Å²) in [5.41, 5.74) is 5.39. The fourth-order valence-corrected chi connectivity index (χ4v) is 7.32. The molecule has 0 spiro atoms. The van der Waals surface area contributed by atoms with Crippen LogP contribution in [-0.4, -0.2) is 33.2 Å². The molecule has 236 valence electrons. The number of aromatic nitrogens is 3. The molecule has 2 N–H and O–H groups in total. The topological polar surface area (TPSA) is 113 Å². The maximum atomic E-state index is 13.8. The maximum Gasteiger partial charge on any atom is 0.417 e. The summed E-state index contributed by atoms with van der Waals surface area (Å²) in [6.07, 6.45) is 5.35. The Morgan fingerprint density at radius 3 is 2.38 bits per heavy atom.